The van der Waals surface area contributed by atoms with E-state index in [-0.39, 0.29) is 0 Å². The van der Waals surface area contributed by atoms with Crippen LogP contribution >= 0.6 is 0 Å². The topological polar surface area (TPSA) is 43.6 Å². The lowest BCUT2D eigenvalue weighted by Gasteiger charge is -2.17. The lowest BCUT2D eigenvalue weighted by Crippen LogP contribution is -2.04. The van der Waals surface area contributed by atoms with Gasteiger partial charge in [-0.3, -0.25) is 0 Å². The smallest absolute Gasteiger partial charge is 0.166 e. The maximum absolute atomic E-state index is 5.37. The van der Waals surface area contributed by atoms with E-state index >= 15 is 0 Å². The second-order valence-electron chi connectivity index (χ2n) is 15.2. The van der Waals surface area contributed by atoms with E-state index in [4.69, 9.17) is 15.0 Å². The first kappa shape index (κ1) is 33.2. The maximum Gasteiger partial charge on any atom is 0.166 e. The van der Waals surface area contributed by atoms with Crippen molar-refractivity contribution < 1.29 is 0 Å². The summed E-state index contributed by atoms with van der Waals surface area (Å²) in [5.41, 5.74) is 8.49. The van der Waals surface area contributed by atoms with E-state index in [0.717, 1.165) is 55.0 Å². The summed E-state index contributed by atoms with van der Waals surface area (Å²) >= 11 is 0. The van der Waals surface area contributed by atoms with Crippen LogP contribution in [0, 0.1) is 0 Å². The van der Waals surface area contributed by atoms with Gasteiger partial charge in [0.25, 0.3) is 0 Å². The predicted molar refractivity (Wildman–Crippen MR) is 246 cm³/mol. The summed E-state index contributed by atoms with van der Waals surface area (Å²) in [6.45, 7) is 0. The summed E-state index contributed by atoms with van der Waals surface area (Å²) < 4.78 is 2.45. The van der Waals surface area contributed by atoms with Gasteiger partial charge in [0.05, 0.1) is 16.7 Å². The molecule has 0 bridgehead atoms. The fourth-order valence-corrected chi connectivity index (χ4v) is 8.93. The summed E-state index contributed by atoms with van der Waals surface area (Å²) in [5, 5.41) is 11.8. The third kappa shape index (κ3) is 5.49. The zero-order chi connectivity index (χ0) is 38.9. The van der Waals surface area contributed by atoms with Gasteiger partial charge >= 0.3 is 0 Å². The van der Waals surface area contributed by atoms with E-state index in [1.807, 2.05) is 18.2 Å². The Morgan fingerprint density at radius 2 is 0.797 bits per heavy atom. The molecule has 4 nitrogen and oxygen atoms in total. The number of hydrogen-bond donors (Lipinski definition) is 0. The minimum atomic E-state index is 0.616. The molecule has 0 fully saturated rings. The van der Waals surface area contributed by atoms with Crippen LogP contribution < -0.4 is 0 Å². The Morgan fingerprint density at radius 3 is 1.54 bits per heavy atom. The molecule has 0 N–H and O–H groups in total. The van der Waals surface area contributed by atoms with Crippen molar-refractivity contribution in [3.8, 4) is 51.0 Å². The molecule has 0 aliphatic carbocycles. The van der Waals surface area contributed by atoms with Crippen molar-refractivity contribution in [2.45, 2.75) is 0 Å². The molecule has 10 aromatic carbocycles. The monoisotopic (exact) mass is 750 g/mol. The Kier molecular flexibility index (Phi) is 7.50. The van der Waals surface area contributed by atoms with Gasteiger partial charge in [-0.1, -0.05) is 170 Å². The van der Waals surface area contributed by atoms with E-state index in [1.54, 1.807) is 0 Å². The van der Waals surface area contributed by atoms with Crippen LogP contribution in [0.25, 0.3) is 116 Å². The van der Waals surface area contributed by atoms with Gasteiger partial charge in [-0.2, -0.15) is 0 Å². The van der Waals surface area contributed by atoms with Gasteiger partial charge in [-0.25, -0.2) is 15.0 Å². The van der Waals surface area contributed by atoms with Crippen LogP contribution in [0.2, 0.25) is 0 Å². The third-order valence-electron chi connectivity index (χ3n) is 11.8. The number of rotatable bonds is 5. The SMILES string of the molecule is c1ccc(-c2ccc3cc(-c4nc(-c5ccccc5)nc(-c5ccc6ccccc6c5-n5c6cc7ccccc7cc6c6c7ccccc7ccc65)n4)ccc3c2)cc1. The molecule has 0 radical (unpaired) electrons. The molecular weight excluding hydrogens is 717 g/mol. The van der Waals surface area contributed by atoms with E-state index in [9.17, 15) is 0 Å². The van der Waals surface area contributed by atoms with Crippen molar-refractivity contribution >= 4 is 64.9 Å². The van der Waals surface area contributed by atoms with Crippen molar-refractivity contribution in [1.29, 1.82) is 0 Å². The van der Waals surface area contributed by atoms with Gasteiger partial charge < -0.3 is 4.57 Å². The number of aromatic nitrogens is 4. The van der Waals surface area contributed by atoms with Crippen LogP contribution in [-0.2, 0) is 0 Å². The summed E-state index contributed by atoms with van der Waals surface area (Å²) in [6.07, 6.45) is 0. The Hall–Kier alpha value is -7.95. The van der Waals surface area contributed by atoms with Crippen molar-refractivity contribution in [2.75, 3.05) is 0 Å². The van der Waals surface area contributed by atoms with Gasteiger partial charge in [0.2, 0.25) is 0 Å². The van der Waals surface area contributed by atoms with E-state index in [0.29, 0.717) is 17.5 Å². The molecule has 0 unspecified atom stereocenters. The Bertz CT molecular complexity index is 3610. The fraction of sp³-hybridized carbons (Fsp3) is 0. The molecule has 0 saturated heterocycles. The summed E-state index contributed by atoms with van der Waals surface area (Å²) in [4.78, 5) is 15.8. The van der Waals surface area contributed by atoms with Crippen LogP contribution in [0.15, 0.2) is 206 Å². The predicted octanol–water partition coefficient (Wildman–Crippen LogP) is 14.2. The normalized spacial score (nSPS) is 11.7. The highest BCUT2D eigenvalue weighted by Gasteiger charge is 2.23. The Balaban J connectivity index is 1.14. The summed E-state index contributed by atoms with van der Waals surface area (Å²) in [7, 11) is 0. The molecule has 2 aromatic heterocycles. The average Bonchev–Trinajstić information content (AvgIpc) is 3.63. The average molecular weight is 751 g/mol. The largest absolute Gasteiger partial charge is 0.308 e. The lowest BCUT2D eigenvalue weighted by molar-refractivity contribution is 1.07. The highest BCUT2D eigenvalue weighted by molar-refractivity contribution is 6.24. The van der Waals surface area contributed by atoms with Crippen LogP contribution in [0.5, 0.6) is 0 Å². The number of fused-ring (bicyclic) bond motifs is 8. The van der Waals surface area contributed by atoms with Gasteiger partial charge in [-0.15, -0.1) is 0 Å². The molecular formula is C55H34N4. The van der Waals surface area contributed by atoms with E-state index in [2.05, 4.69) is 193 Å². The quantitative estimate of drug-likeness (QED) is 0.176. The number of nitrogens with zero attached hydrogens (tertiary/aromatic N) is 4. The molecule has 12 rings (SSSR count). The molecule has 59 heavy (non-hydrogen) atoms. The van der Waals surface area contributed by atoms with Gasteiger partial charge in [0, 0.05) is 32.8 Å². The maximum atomic E-state index is 5.37. The van der Waals surface area contributed by atoms with Crippen molar-refractivity contribution in [3.05, 3.63) is 206 Å². The van der Waals surface area contributed by atoms with Crippen molar-refractivity contribution in [1.82, 2.24) is 19.5 Å². The molecule has 0 spiro atoms. The van der Waals surface area contributed by atoms with Crippen LogP contribution in [0.4, 0.5) is 0 Å². The first-order valence-electron chi connectivity index (χ1n) is 20.0. The first-order valence-corrected chi connectivity index (χ1v) is 20.0. The minimum Gasteiger partial charge on any atom is -0.308 e. The van der Waals surface area contributed by atoms with Crippen LogP contribution in [-0.4, -0.2) is 19.5 Å². The molecule has 0 aliphatic rings. The summed E-state index contributed by atoms with van der Waals surface area (Å²) in [6, 6.07) is 73.5. The third-order valence-corrected chi connectivity index (χ3v) is 11.8. The van der Waals surface area contributed by atoms with Gasteiger partial charge in [-0.05, 0) is 85.2 Å². The van der Waals surface area contributed by atoms with Crippen molar-refractivity contribution in [3.63, 3.8) is 0 Å². The second-order valence-corrected chi connectivity index (χ2v) is 15.2. The van der Waals surface area contributed by atoms with E-state index < -0.39 is 0 Å². The highest BCUT2D eigenvalue weighted by atomic mass is 15.1. The zero-order valence-corrected chi connectivity index (χ0v) is 31.9. The first-order chi connectivity index (χ1) is 29.2. The summed E-state index contributed by atoms with van der Waals surface area (Å²) in [5.74, 6) is 1.87. The molecule has 12 aromatic rings. The fourth-order valence-electron chi connectivity index (χ4n) is 8.93. The molecule has 0 atom stereocenters. The van der Waals surface area contributed by atoms with E-state index in [1.165, 1.54) is 43.4 Å². The standard InChI is InChI=1S/C55H34N4/c1-3-13-35(14-4-1)41-23-24-43-32-44(26-25-42(43)31-41)54-56-53(38-17-5-2-6-18-38)57-55(58-54)47-29-27-37-16-10-12-22-46(37)52(47)59-49-30-28-36-15-9-11-21-45(36)51(49)48-33-39-19-7-8-20-40(39)34-50(48)59/h1-34H. The lowest BCUT2D eigenvalue weighted by atomic mass is 9.99. The second kappa shape index (κ2) is 13.3. The Morgan fingerprint density at radius 1 is 0.288 bits per heavy atom. The molecule has 0 amide bonds. The molecule has 2 heterocycles. The highest BCUT2D eigenvalue weighted by Crippen LogP contribution is 2.43. The van der Waals surface area contributed by atoms with Gasteiger partial charge in [0.15, 0.2) is 17.5 Å². The molecule has 0 aliphatic heterocycles. The Labute approximate surface area is 340 Å². The minimum absolute atomic E-state index is 0.616. The van der Waals surface area contributed by atoms with Crippen molar-refractivity contribution in [2.24, 2.45) is 0 Å². The molecule has 0 saturated carbocycles. The number of benzene rings is 10. The number of hydrogen-bond acceptors (Lipinski definition) is 3. The zero-order valence-electron chi connectivity index (χ0n) is 31.9. The van der Waals surface area contributed by atoms with Crippen LogP contribution in [0.3, 0.4) is 0 Å². The molecule has 274 valence electrons. The van der Waals surface area contributed by atoms with Gasteiger partial charge in [0.1, 0.15) is 0 Å². The molecule has 4 heteroatoms. The van der Waals surface area contributed by atoms with Crippen LogP contribution in [0.1, 0.15) is 0 Å².